The first kappa shape index (κ1) is 15.9. The summed E-state index contributed by atoms with van der Waals surface area (Å²) in [6.07, 6.45) is 7.55. The zero-order valence-electron chi connectivity index (χ0n) is 14.0. The SMILES string of the molecule is O=C(O)c1cc(C2CC2)c(O[C@@H]2[C@@H]3C[C@@H]4C[C@H]2C[C@@](Cl)(C4)C3)cc1F. The lowest BCUT2D eigenvalue weighted by Gasteiger charge is -2.57. The van der Waals surface area contributed by atoms with Crippen LogP contribution < -0.4 is 4.74 Å². The Balaban J connectivity index is 1.46. The molecule has 4 bridgehead atoms. The summed E-state index contributed by atoms with van der Waals surface area (Å²) < 4.78 is 20.6. The Morgan fingerprint density at radius 1 is 1.20 bits per heavy atom. The Kier molecular flexibility index (Phi) is 3.41. The lowest BCUT2D eigenvalue weighted by molar-refractivity contribution is -0.0700. The van der Waals surface area contributed by atoms with Crippen LogP contribution in [0.3, 0.4) is 0 Å². The molecule has 0 aromatic heterocycles. The molecule has 5 fully saturated rings. The van der Waals surface area contributed by atoms with Crippen molar-refractivity contribution in [3.63, 3.8) is 0 Å². The van der Waals surface area contributed by atoms with Crippen LogP contribution >= 0.6 is 11.6 Å². The van der Waals surface area contributed by atoms with E-state index in [4.69, 9.17) is 16.3 Å². The molecule has 0 radical (unpaired) electrons. The molecule has 5 atom stereocenters. The van der Waals surface area contributed by atoms with Crippen LogP contribution in [0.25, 0.3) is 0 Å². The van der Waals surface area contributed by atoms with Crippen molar-refractivity contribution in [3.8, 4) is 5.75 Å². The van der Waals surface area contributed by atoms with Crippen LogP contribution in [-0.4, -0.2) is 22.1 Å². The molecule has 5 heteroatoms. The highest BCUT2D eigenvalue weighted by molar-refractivity contribution is 6.24. The topological polar surface area (TPSA) is 46.5 Å². The first-order valence-corrected chi connectivity index (χ1v) is 9.72. The van der Waals surface area contributed by atoms with Gasteiger partial charge in [0.15, 0.2) is 0 Å². The maximum absolute atomic E-state index is 14.3. The normalized spacial score (nSPS) is 38.8. The fourth-order valence-corrected chi connectivity index (χ4v) is 6.38. The summed E-state index contributed by atoms with van der Waals surface area (Å²) in [7, 11) is 0. The predicted octanol–water partition coefficient (Wildman–Crippen LogP) is 4.97. The standard InChI is InChI=1S/C20H22ClFO3/c21-20-7-10-3-12(8-20)18(13(4-10)9-20)25-17-6-16(22)15(19(23)24)5-14(17)11-1-2-11/h5-6,10-13,18H,1-4,7-9H2,(H,23,24)/t10-,12-,13+,18-,20-. The van der Waals surface area contributed by atoms with Gasteiger partial charge in [0.25, 0.3) is 0 Å². The molecular weight excluding hydrogens is 343 g/mol. The minimum Gasteiger partial charge on any atom is -0.489 e. The van der Waals surface area contributed by atoms with Crippen LogP contribution in [0.5, 0.6) is 5.75 Å². The molecule has 5 saturated carbocycles. The molecule has 0 amide bonds. The Morgan fingerprint density at radius 2 is 1.88 bits per heavy atom. The van der Waals surface area contributed by atoms with E-state index in [0.29, 0.717) is 29.4 Å². The second kappa shape index (κ2) is 5.35. The number of aromatic carboxylic acids is 1. The van der Waals surface area contributed by atoms with Gasteiger partial charge in [0, 0.05) is 10.9 Å². The van der Waals surface area contributed by atoms with Gasteiger partial charge in [-0.25, -0.2) is 9.18 Å². The van der Waals surface area contributed by atoms with Gasteiger partial charge in [-0.2, -0.15) is 0 Å². The molecule has 0 aliphatic heterocycles. The third kappa shape index (κ3) is 2.64. The Hall–Kier alpha value is -1.29. The van der Waals surface area contributed by atoms with Gasteiger partial charge in [-0.05, 0) is 80.2 Å². The van der Waals surface area contributed by atoms with Crippen molar-refractivity contribution in [3.05, 3.63) is 29.1 Å². The van der Waals surface area contributed by atoms with E-state index in [1.807, 2.05) is 0 Å². The average molecular weight is 365 g/mol. The van der Waals surface area contributed by atoms with Crippen LogP contribution in [0, 0.1) is 23.6 Å². The summed E-state index contributed by atoms with van der Waals surface area (Å²) >= 11 is 6.79. The summed E-state index contributed by atoms with van der Waals surface area (Å²) in [5.74, 6) is 0.546. The van der Waals surface area contributed by atoms with E-state index >= 15 is 0 Å². The minimum atomic E-state index is -1.22. The highest BCUT2D eigenvalue weighted by Gasteiger charge is 2.55. The summed E-state index contributed by atoms with van der Waals surface area (Å²) in [5, 5.41) is 9.20. The van der Waals surface area contributed by atoms with Crippen molar-refractivity contribution >= 4 is 17.6 Å². The van der Waals surface area contributed by atoms with Crippen LogP contribution in [0.4, 0.5) is 4.39 Å². The largest absolute Gasteiger partial charge is 0.489 e. The smallest absolute Gasteiger partial charge is 0.338 e. The molecule has 5 aliphatic carbocycles. The van der Waals surface area contributed by atoms with Crippen LogP contribution in [0.15, 0.2) is 12.1 Å². The molecule has 3 nitrogen and oxygen atoms in total. The Labute approximate surface area is 151 Å². The summed E-state index contributed by atoms with van der Waals surface area (Å²) in [6, 6.07) is 2.79. The number of rotatable bonds is 4. The van der Waals surface area contributed by atoms with Crippen molar-refractivity contribution < 1.29 is 19.0 Å². The molecule has 0 spiro atoms. The monoisotopic (exact) mass is 364 g/mol. The number of benzene rings is 1. The lowest BCUT2D eigenvalue weighted by Crippen LogP contribution is -2.56. The number of carbonyl (C=O) groups is 1. The second-order valence-electron chi connectivity index (χ2n) is 8.65. The molecular formula is C20H22ClFO3. The molecule has 0 heterocycles. The number of carboxylic acids is 1. The van der Waals surface area contributed by atoms with Crippen molar-refractivity contribution in [1.29, 1.82) is 0 Å². The number of hydrogen-bond donors (Lipinski definition) is 1. The highest BCUT2D eigenvalue weighted by atomic mass is 35.5. The first-order chi connectivity index (χ1) is 11.9. The molecule has 1 N–H and O–H groups in total. The third-order valence-corrected chi connectivity index (χ3v) is 7.18. The second-order valence-corrected chi connectivity index (χ2v) is 9.45. The zero-order valence-corrected chi connectivity index (χ0v) is 14.8. The zero-order chi connectivity index (χ0) is 17.3. The van der Waals surface area contributed by atoms with E-state index in [2.05, 4.69) is 0 Å². The van der Waals surface area contributed by atoms with E-state index in [0.717, 1.165) is 50.5 Å². The lowest BCUT2D eigenvalue weighted by atomic mass is 9.54. The maximum Gasteiger partial charge on any atom is 0.338 e. The fraction of sp³-hybridized carbons (Fsp3) is 0.650. The summed E-state index contributed by atoms with van der Waals surface area (Å²) in [6.45, 7) is 0. The quantitative estimate of drug-likeness (QED) is 0.767. The van der Waals surface area contributed by atoms with E-state index in [-0.39, 0.29) is 16.5 Å². The molecule has 0 saturated heterocycles. The van der Waals surface area contributed by atoms with Gasteiger partial charge in [0.1, 0.15) is 17.7 Å². The van der Waals surface area contributed by atoms with Gasteiger partial charge in [-0.1, -0.05) is 0 Å². The van der Waals surface area contributed by atoms with Crippen molar-refractivity contribution in [2.75, 3.05) is 0 Å². The summed E-state index contributed by atoms with van der Waals surface area (Å²) in [5.41, 5.74) is 0.618. The highest BCUT2D eigenvalue weighted by Crippen LogP contribution is 2.59. The average Bonchev–Trinajstić information content (AvgIpc) is 3.33. The number of ether oxygens (including phenoxy) is 1. The van der Waals surface area contributed by atoms with Crippen molar-refractivity contribution in [1.82, 2.24) is 0 Å². The van der Waals surface area contributed by atoms with Gasteiger partial charge in [0.05, 0.1) is 5.56 Å². The number of carboxylic acid groups (broad SMARTS) is 1. The molecule has 5 aliphatic rings. The van der Waals surface area contributed by atoms with Crippen LogP contribution in [0.1, 0.15) is 66.8 Å². The van der Waals surface area contributed by atoms with E-state index in [1.165, 1.54) is 12.1 Å². The Bertz CT molecular complexity index is 729. The molecule has 134 valence electrons. The van der Waals surface area contributed by atoms with Crippen molar-refractivity contribution in [2.24, 2.45) is 17.8 Å². The van der Waals surface area contributed by atoms with Crippen LogP contribution in [-0.2, 0) is 0 Å². The van der Waals surface area contributed by atoms with E-state index in [1.54, 1.807) is 0 Å². The van der Waals surface area contributed by atoms with Crippen LogP contribution in [0.2, 0.25) is 0 Å². The van der Waals surface area contributed by atoms with Gasteiger partial charge >= 0.3 is 5.97 Å². The molecule has 0 unspecified atom stereocenters. The van der Waals surface area contributed by atoms with Crippen molar-refractivity contribution in [2.45, 2.75) is 61.8 Å². The minimum absolute atomic E-state index is 0.0475. The van der Waals surface area contributed by atoms with Gasteiger partial charge in [0.2, 0.25) is 0 Å². The van der Waals surface area contributed by atoms with E-state index < -0.39 is 11.8 Å². The fourth-order valence-electron chi connectivity index (χ4n) is 5.77. The third-order valence-electron chi connectivity index (χ3n) is 6.72. The van der Waals surface area contributed by atoms with E-state index in [9.17, 15) is 14.3 Å². The molecule has 1 aromatic rings. The molecule has 6 rings (SSSR count). The van der Waals surface area contributed by atoms with Gasteiger partial charge in [-0.3, -0.25) is 0 Å². The maximum atomic E-state index is 14.3. The first-order valence-electron chi connectivity index (χ1n) is 9.34. The number of halogens is 2. The molecule has 25 heavy (non-hydrogen) atoms. The summed E-state index contributed by atoms with van der Waals surface area (Å²) in [4.78, 5) is 11.2. The number of alkyl halides is 1. The van der Waals surface area contributed by atoms with Gasteiger partial charge in [-0.15, -0.1) is 11.6 Å². The predicted molar refractivity (Wildman–Crippen MR) is 91.9 cm³/mol. The Morgan fingerprint density at radius 3 is 2.44 bits per heavy atom. The number of hydrogen-bond acceptors (Lipinski definition) is 2. The molecule has 1 aromatic carbocycles. The van der Waals surface area contributed by atoms with Gasteiger partial charge < -0.3 is 9.84 Å².